The molecule has 0 spiro atoms. The van der Waals surface area contributed by atoms with E-state index in [4.69, 9.17) is 5.11 Å². The molecule has 1 aromatic carbocycles. The molecule has 1 aromatic heterocycles. The van der Waals surface area contributed by atoms with E-state index < -0.39 is 12.0 Å². The minimum absolute atomic E-state index is 0.0242. The summed E-state index contributed by atoms with van der Waals surface area (Å²) in [6.07, 6.45) is 1.73. The molecule has 0 fully saturated rings. The van der Waals surface area contributed by atoms with E-state index in [0.717, 1.165) is 5.56 Å². The van der Waals surface area contributed by atoms with Crippen molar-refractivity contribution in [1.82, 2.24) is 4.57 Å². The highest BCUT2D eigenvalue weighted by atomic mass is 16.4. The lowest BCUT2D eigenvalue weighted by Crippen LogP contribution is -2.28. The topological polar surface area (TPSA) is 79.5 Å². The zero-order chi connectivity index (χ0) is 14.5. The van der Waals surface area contributed by atoms with Crippen LogP contribution in [0, 0.1) is 0 Å². The van der Waals surface area contributed by atoms with Crippen molar-refractivity contribution in [3.05, 3.63) is 70.1 Å². The van der Waals surface area contributed by atoms with Crippen molar-refractivity contribution >= 4 is 5.97 Å². The molecule has 0 saturated heterocycles. The highest BCUT2D eigenvalue weighted by Gasteiger charge is 2.14. The summed E-state index contributed by atoms with van der Waals surface area (Å²) in [6.45, 7) is -0.238. The molecule has 5 heteroatoms. The van der Waals surface area contributed by atoms with Gasteiger partial charge in [0.05, 0.1) is 18.2 Å². The highest BCUT2D eigenvalue weighted by Crippen LogP contribution is 2.13. The standard InChI is InChI=1S/C15H15NO4/c17-10-13(8-11-4-2-1-3-5-11)16-9-12(15(19)20)6-7-14(16)18/h1-7,9,13,17H,8,10H2,(H,19,20)/t13-/m1/s1. The lowest BCUT2D eigenvalue weighted by molar-refractivity contribution is 0.0695. The summed E-state index contributed by atoms with van der Waals surface area (Å²) in [5.41, 5.74) is 0.667. The van der Waals surface area contributed by atoms with Gasteiger partial charge in [0.1, 0.15) is 0 Å². The maximum absolute atomic E-state index is 11.8. The molecule has 0 aliphatic rings. The summed E-state index contributed by atoms with van der Waals surface area (Å²) in [6, 6.07) is 11.4. The van der Waals surface area contributed by atoms with Crippen LogP contribution in [0.1, 0.15) is 22.0 Å². The zero-order valence-corrected chi connectivity index (χ0v) is 10.8. The van der Waals surface area contributed by atoms with Crippen LogP contribution in [0.25, 0.3) is 0 Å². The van der Waals surface area contributed by atoms with Crippen molar-refractivity contribution in [2.75, 3.05) is 6.61 Å². The van der Waals surface area contributed by atoms with Gasteiger partial charge in [0.15, 0.2) is 0 Å². The number of carboxylic acid groups (broad SMARTS) is 1. The number of pyridine rings is 1. The van der Waals surface area contributed by atoms with Crippen LogP contribution in [0.15, 0.2) is 53.5 Å². The fourth-order valence-corrected chi connectivity index (χ4v) is 2.05. The van der Waals surface area contributed by atoms with Crippen LogP contribution in [0.3, 0.4) is 0 Å². The predicted molar refractivity (Wildman–Crippen MR) is 73.9 cm³/mol. The number of rotatable bonds is 5. The van der Waals surface area contributed by atoms with E-state index in [2.05, 4.69) is 0 Å². The Balaban J connectivity index is 2.34. The Bertz CT molecular complexity index is 648. The van der Waals surface area contributed by atoms with Crippen LogP contribution < -0.4 is 5.56 Å². The van der Waals surface area contributed by atoms with E-state index >= 15 is 0 Å². The fourth-order valence-electron chi connectivity index (χ4n) is 2.05. The number of nitrogens with zero attached hydrogens (tertiary/aromatic N) is 1. The summed E-state index contributed by atoms with van der Waals surface area (Å²) >= 11 is 0. The lowest BCUT2D eigenvalue weighted by Gasteiger charge is -2.18. The molecule has 2 N–H and O–H groups in total. The summed E-state index contributed by atoms with van der Waals surface area (Å²) in [5, 5.41) is 18.5. The first kappa shape index (κ1) is 14.0. The van der Waals surface area contributed by atoms with Gasteiger partial charge in [-0.2, -0.15) is 0 Å². The van der Waals surface area contributed by atoms with Gasteiger partial charge in [0.25, 0.3) is 5.56 Å². The van der Waals surface area contributed by atoms with Crippen LogP contribution in [0.5, 0.6) is 0 Å². The minimum atomic E-state index is -1.10. The Morgan fingerprint density at radius 2 is 1.85 bits per heavy atom. The molecule has 5 nitrogen and oxygen atoms in total. The van der Waals surface area contributed by atoms with Crippen molar-refractivity contribution < 1.29 is 15.0 Å². The summed E-state index contributed by atoms with van der Waals surface area (Å²) in [7, 11) is 0. The van der Waals surface area contributed by atoms with Crippen molar-refractivity contribution in [1.29, 1.82) is 0 Å². The minimum Gasteiger partial charge on any atom is -0.478 e. The second-order valence-electron chi connectivity index (χ2n) is 4.49. The van der Waals surface area contributed by atoms with Crippen molar-refractivity contribution in [3.63, 3.8) is 0 Å². The van der Waals surface area contributed by atoms with Crippen LogP contribution in [0.2, 0.25) is 0 Å². The molecule has 2 aromatic rings. The number of hydrogen-bond acceptors (Lipinski definition) is 3. The van der Waals surface area contributed by atoms with Crippen LogP contribution in [0.4, 0.5) is 0 Å². The van der Waals surface area contributed by atoms with Crippen molar-refractivity contribution in [3.8, 4) is 0 Å². The number of benzene rings is 1. The summed E-state index contributed by atoms with van der Waals surface area (Å²) in [5.74, 6) is -1.10. The Morgan fingerprint density at radius 1 is 1.15 bits per heavy atom. The molecule has 0 bridgehead atoms. The number of hydrogen-bond donors (Lipinski definition) is 2. The monoisotopic (exact) mass is 273 g/mol. The van der Waals surface area contributed by atoms with Crippen molar-refractivity contribution in [2.24, 2.45) is 0 Å². The first-order valence-electron chi connectivity index (χ1n) is 6.22. The maximum Gasteiger partial charge on any atom is 0.337 e. The number of aromatic carboxylic acids is 1. The number of aliphatic hydroxyl groups excluding tert-OH is 1. The molecular weight excluding hydrogens is 258 g/mol. The lowest BCUT2D eigenvalue weighted by atomic mass is 10.1. The molecule has 0 amide bonds. The largest absolute Gasteiger partial charge is 0.478 e. The molecule has 0 aliphatic carbocycles. The van der Waals surface area contributed by atoms with Crippen LogP contribution in [-0.2, 0) is 6.42 Å². The molecule has 0 aliphatic heterocycles. The first-order chi connectivity index (χ1) is 9.61. The molecule has 0 radical (unpaired) electrons. The zero-order valence-electron chi connectivity index (χ0n) is 10.8. The SMILES string of the molecule is O=C(O)c1ccc(=O)n([C@@H](CO)Cc2ccccc2)c1. The van der Waals surface area contributed by atoms with E-state index in [1.807, 2.05) is 30.3 Å². The Labute approximate surface area is 115 Å². The van der Waals surface area contributed by atoms with Gasteiger partial charge < -0.3 is 14.8 Å². The van der Waals surface area contributed by atoms with Gasteiger partial charge in [-0.1, -0.05) is 30.3 Å². The molecule has 1 atom stereocenters. The fraction of sp³-hybridized carbons (Fsp3) is 0.200. The predicted octanol–water partition coefficient (Wildman–Crippen LogP) is 1.32. The van der Waals surface area contributed by atoms with E-state index in [9.17, 15) is 14.7 Å². The summed E-state index contributed by atoms with van der Waals surface area (Å²) in [4.78, 5) is 22.8. The van der Waals surface area contributed by atoms with Gasteiger partial charge in [-0.3, -0.25) is 4.79 Å². The van der Waals surface area contributed by atoms with E-state index in [1.54, 1.807) is 0 Å². The third-order valence-electron chi connectivity index (χ3n) is 3.10. The molecule has 104 valence electrons. The van der Waals surface area contributed by atoms with Gasteiger partial charge in [-0.15, -0.1) is 0 Å². The average Bonchev–Trinajstić information content (AvgIpc) is 2.46. The van der Waals surface area contributed by atoms with Crippen molar-refractivity contribution in [2.45, 2.75) is 12.5 Å². The molecule has 2 rings (SSSR count). The van der Waals surface area contributed by atoms with E-state index in [0.29, 0.717) is 6.42 Å². The van der Waals surface area contributed by atoms with E-state index in [-0.39, 0.29) is 17.7 Å². The molecule has 1 heterocycles. The molecule has 0 unspecified atom stereocenters. The van der Waals surface area contributed by atoms with Gasteiger partial charge in [-0.05, 0) is 18.1 Å². The quantitative estimate of drug-likeness (QED) is 0.861. The van der Waals surface area contributed by atoms with Gasteiger partial charge in [0.2, 0.25) is 0 Å². The molecular formula is C15H15NO4. The number of aliphatic hydroxyl groups is 1. The maximum atomic E-state index is 11.8. The summed E-state index contributed by atoms with van der Waals surface area (Å²) < 4.78 is 1.27. The van der Waals surface area contributed by atoms with Crippen LogP contribution >= 0.6 is 0 Å². The number of carboxylic acids is 1. The van der Waals surface area contributed by atoms with Gasteiger partial charge in [0, 0.05) is 12.3 Å². The van der Waals surface area contributed by atoms with Crippen LogP contribution in [-0.4, -0.2) is 27.4 Å². The highest BCUT2D eigenvalue weighted by molar-refractivity contribution is 5.87. The number of carbonyl (C=O) groups is 1. The smallest absolute Gasteiger partial charge is 0.337 e. The second-order valence-corrected chi connectivity index (χ2v) is 4.49. The Hall–Kier alpha value is -2.40. The Morgan fingerprint density at radius 3 is 2.45 bits per heavy atom. The third-order valence-corrected chi connectivity index (χ3v) is 3.10. The second kappa shape index (κ2) is 6.16. The number of aromatic nitrogens is 1. The van der Waals surface area contributed by atoms with Gasteiger partial charge >= 0.3 is 5.97 Å². The first-order valence-corrected chi connectivity index (χ1v) is 6.22. The normalized spacial score (nSPS) is 12.1. The molecule has 20 heavy (non-hydrogen) atoms. The van der Waals surface area contributed by atoms with Gasteiger partial charge in [-0.25, -0.2) is 4.79 Å². The average molecular weight is 273 g/mol. The third kappa shape index (κ3) is 3.13. The van der Waals surface area contributed by atoms with E-state index in [1.165, 1.54) is 22.9 Å². The Kier molecular flexibility index (Phi) is 4.32. The molecule has 0 saturated carbocycles.